The molecule has 1 N–H and O–H groups in total. The van der Waals surface area contributed by atoms with Crippen LogP contribution >= 0.6 is 11.6 Å². The second-order valence-electron chi connectivity index (χ2n) is 2.73. The summed E-state index contributed by atoms with van der Waals surface area (Å²) in [6, 6.07) is 7.08. The van der Waals surface area contributed by atoms with Gasteiger partial charge in [0.25, 0.3) is 0 Å². The first-order valence-corrected chi connectivity index (χ1v) is 4.16. The number of benzene rings is 1. The van der Waals surface area contributed by atoms with Gasteiger partial charge in [-0.2, -0.15) is 0 Å². The van der Waals surface area contributed by atoms with Crippen LogP contribution in [0.25, 0.3) is 0 Å². The van der Waals surface area contributed by atoms with E-state index in [2.05, 4.69) is 0 Å². The SMILES string of the molecule is CN(CC(=O)O)c1cccc(Cl)c1. The van der Waals surface area contributed by atoms with Crippen LogP contribution in [0.4, 0.5) is 5.69 Å². The van der Waals surface area contributed by atoms with Gasteiger partial charge in [0.15, 0.2) is 0 Å². The summed E-state index contributed by atoms with van der Waals surface area (Å²) >= 11 is 5.75. The molecular weight excluding hydrogens is 190 g/mol. The second kappa shape index (κ2) is 4.14. The van der Waals surface area contributed by atoms with Gasteiger partial charge < -0.3 is 10.0 Å². The molecule has 0 unspecified atom stereocenters. The molecular formula is C9H10ClNO2. The van der Waals surface area contributed by atoms with Gasteiger partial charge in [-0.15, -0.1) is 0 Å². The first kappa shape index (κ1) is 9.86. The molecule has 0 aliphatic heterocycles. The number of carboxylic acid groups (broad SMARTS) is 1. The highest BCUT2D eigenvalue weighted by Crippen LogP contribution is 2.17. The lowest BCUT2D eigenvalue weighted by molar-refractivity contribution is -0.135. The van der Waals surface area contributed by atoms with Crippen LogP contribution in [0.2, 0.25) is 5.02 Å². The monoisotopic (exact) mass is 199 g/mol. The predicted molar refractivity (Wildman–Crippen MR) is 52.4 cm³/mol. The highest BCUT2D eigenvalue weighted by molar-refractivity contribution is 6.30. The maximum absolute atomic E-state index is 10.4. The lowest BCUT2D eigenvalue weighted by Gasteiger charge is -2.16. The number of carbonyl (C=O) groups is 1. The zero-order valence-electron chi connectivity index (χ0n) is 7.20. The summed E-state index contributed by atoms with van der Waals surface area (Å²) in [7, 11) is 1.71. The van der Waals surface area contributed by atoms with E-state index in [0.717, 1.165) is 5.69 Å². The number of carboxylic acids is 1. The Morgan fingerprint density at radius 1 is 1.62 bits per heavy atom. The summed E-state index contributed by atoms with van der Waals surface area (Å²) in [6.07, 6.45) is 0. The molecule has 0 bridgehead atoms. The molecule has 0 fully saturated rings. The summed E-state index contributed by atoms with van der Waals surface area (Å²) in [6.45, 7) is -0.0274. The molecule has 1 aromatic rings. The van der Waals surface area contributed by atoms with E-state index >= 15 is 0 Å². The minimum absolute atomic E-state index is 0.0274. The van der Waals surface area contributed by atoms with E-state index in [4.69, 9.17) is 16.7 Å². The van der Waals surface area contributed by atoms with Gasteiger partial charge in [0.05, 0.1) is 0 Å². The highest BCUT2D eigenvalue weighted by Gasteiger charge is 2.04. The molecule has 13 heavy (non-hydrogen) atoms. The lowest BCUT2D eigenvalue weighted by Crippen LogP contribution is -2.24. The third-order valence-electron chi connectivity index (χ3n) is 1.62. The molecule has 0 spiro atoms. The van der Waals surface area contributed by atoms with Crippen molar-refractivity contribution < 1.29 is 9.90 Å². The Balaban J connectivity index is 2.76. The summed E-state index contributed by atoms with van der Waals surface area (Å²) in [4.78, 5) is 12.0. The summed E-state index contributed by atoms with van der Waals surface area (Å²) in [5.41, 5.74) is 0.801. The molecule has 0 amide bonds. The Bertz CT molecular complexity index is 314. The molecule has 0 aromatic heterocycles. The molecule has 4 heteroatoms. The number of aliphatic carboxylic acids is 1. The van der Waals surface area contributed by atoms with Crippen molar-refractivity contribution in [1.82, 2.24) is 0 Å². The van der Waals surface area contributed by atoms with E-state index in [1.807, 2.05) is 6.07 Å². The Labute approximate surface area is 81.5 Å². The van der Waals surface area contributed by atoms with E-state index < -0.39 is 5.97 Å². The lowest BCUT2D eigenvalue weighted by atomic mass is 10.3. The van der Waals surface area contributed by atoms with E-state index in [1.165, 1.54) is 0 Å². The Morgan fingerprint density at radius 3 is 2.85 bits per heavy atom. The van der Waals surface area contributed by atoms with E-state index in [1.54, 1.807) is 30.1 Å². The van der Waals surface area contributed by atoms with Crippen molar-refractivity contribution in [3.8, 4) is 0 Å². The van der Waals surface area contributed by atoms with Gasteiger partial charge in [0.1, 0.15) is 6.54 Å². The molecule has 0 radical (unpaired) electrons. The maximum atomic E-state index is 10.4. The van der Waals surface area contributed by atoms with Crippen LogP contribution in [0, 0.1) is 0 Å². The van der Waals surface area contributed by atoms with Gasteiger partial charge in [-0.05, 0) is 18.2 Å². The summed E-state index contributed by atoms with van der Waals surface area (Å²) in [5.74, 6) is -0.859. The van der Waals surface area contributed by atoms with Crippen molar-refractivity contribution in [1.29, 1.82) is 0 Å². The molecule has 0 aliphatic carbocycles. The Kier molecular flexibility index (Phi) is 3.14. The second-order valence-corrected chi connectivity index (χ2v) is 3.17. The average Bonchev–Trinajstić information content (AvgIpc) is 2.03. The minimum Gasteiger partial charge on any atom is -0.480 e. The number of hydrogen-bond donors (Lipinski definition) is 1. The Morgan fingerprint density at radius 2 is 2.31 bits per heavy atom. The van der Waals surface area contributed by atoms with Crippen molar-refractivity contribution in [2.24, 2.45) is 0 Å². The smallest absolute Gasteiger partial charge is 0.323 e. The molecule has 0 saturated heterocycles. The molecule has 1 aromatic carbocycles. The fraction of sp³-hybridized carbons (Fsp3) is 0.222. The molecule has 0 saturated carbocycles. The fourth-order valence-electron chi connectivity index (χ4n) is 1.01. The zero-order valence-corrected chi connectivity index (χ0v) is 7.95. The average molecular weight is 200 g/mol. The highest BCUT2D eigenvalue weighted by atomic mass is 35.5. The topological polar surface area (TPSA) is 40.5 Å². The number of halogens is 1. The van der Waals surface area contributed by atoms with Crippen molar-refractivity contribution in [2.75, 3.05) is 18.5 Å². The van der Waals surface area contributed by atoms with Gasteiger partial charge in [-0.25, -0.2) is 0 Å². The van der Waals surface area contributed by atoms with Crippen molar-refractivity contribution >= 4 is 23.3 Å². The number of nitrogens with zero attached hydrogens (tertiary/aromatic N) is 1. The van der Waals surface area contributed by atoms with Crippen molar-refractivity contribution in [2.45, 2.75) is 0 Å². The molecule has 0 atom stereocenters. The van der Waals surface area contributed by atoms with Gasteiger partial charge in [0.2, 0.25) is 0 Å². The van der Waals surface area contributed by atoms with Crippen LogP contribution in [-0.2, 0) is 4.79 Å². The summed E-state index contributed by atoms with van der Waals surface area (Å²) < 4.78 is 0. The van der Waals surface area contributed by atoms with Crippen molar-refractivity contribution in [3.05, 3.63) is 29.3 Å². The molecule has 70 valence electrons. The number of likely N-dealkylation sites (N-methyl/N-ethyl adjacent to an activating group) is 1. The molecule has 0 aliphatic rings. The molecule has 0 heterocycles. The normalized spacial score (nSPS) is 9.69. The molecule has 3 nitrogen and oxygen atoms in total. The first-order chi connectivity index (χ1) is 6.09. The standard InChI is InChI=1S/C9H10ClNO2/c1-11(6-9(12)13)8-4-2-3-7(10)5-8/h2-5H,6H2,1H3,(H,12,13). The van der Waals surface area contributed by atoms with Crippen LogP contribution in [0.5, 0.6) is 0 Å². The zero-order chi connectivity index (χ0) is 9.84. The van der Waals surface area contributed by atoms with E-state index in [0.29, 0.717) is 5.02 Å². The van der Waals surface area contributed by atoms with Gasteiger partial charge in [-0.3, -0.25) is 4.79 Å². The fourth-order valence-corrected chi connectivity index (χ4v) is 1.19. The van der Waals surface area contributed by atoms with Crippen molar-refractivity contribution in [3.63, 3.8) is 0 Å². The van der Waals surface area contributed by atoms with Crippen LogP contribution in [0.1, 0.15) is 0 Å². The van der Waals surface area contributed by atoms with Crippen LogP contribution in [-0.4, -0.2) is 24.7 Å². The van der Waals surface area contributed by atoms with E-state index in [9.17, 15) is 4.79 Å². The van der Waals surface area contributed by atoms with Gasteiger partial charge in [0, 0.05) is 17.8 Å². The predicted octanol–water partition coefficient (Wildman–Crippen LogP) is 1.86. The maximum Gasteiger partial charge on any atom is 0.323 e. The van der Waals surface area contributed by atoms with Crippen LogP contribution < -0.4 is 4.90 Å². The van der Waals surface area contributed by atoms with Gasteiger partial charge >= 0.3 is 5.97 Å². The third-order valence-corrected chi connectivity index (χ3v) is 1.86. The first-order valence-electron chi connectivity index (χ1n) is 3.78. The van der Waals surface area contributed by atoms with Gasteiger partial charge in [-0.1, -0.05) is 17.7 Å². The van der Waals surface area contributed by atoms with Crippen LogP contribution in [0.3, 0.4) is 0 Å². The Hall–Kier alpha value is -1.22. The van der Waals surface area contributed by atoms with Crippen LogP contribution in [0.15, 0.2) is 24.3 Å². The number of rotatable bonds is 3. The largest absolute Gasteiger partial charge is 0.480 e. The molecule has 1 rings (SSSR count). The minimum atomic E-state index is -0.859. The summed E-state index contributed by atoms with van der Waals surface area (Å²) in [5, 5.41) is 9.15. The quantitative estimate of drug-likeness (QED) is 0.808. The van der Waals surface area contributed by atoms with E-state index in [-0.39, 0.29) is 6.54 Å². The number of hydrogen-bond acceptors (Lipinski definition) is 2. The number of anilines is 1. The third kappa shape index (κ3) is 2.95.